The summed E-state index contributed by atoms with van der Waals surface area (Å²) < 4.78 is 0. The molecule has 11 heavy (non-hydrogen) atoms. The number of hydrogen-bond acceptors (Lipinski definition) is 5. The number of hydrogen-bond donors (Lipinski definition) is 2. The second-order valence-electron chi connectivity index (χ2n) is 2.55. The summed E-state index contributed by atoms with van der Waals surface area (Å²) in [5.74, 6) is 0. The summed E-state index contributed by atoms with van der Waals surface area (Å²) in [5, 5.41) is 22.2. The Kier molecular flexibility index (Phi) is 3.74. The molecule has 0 bridgehead atoms. The molecule has 1 heterocycles. The Balaban J connectivity index is 2.07. The molecule has 1 saturated heterocycles. The van der Waals surface area contributed by atoms with Crippen molar-refractivity contribution in [1.82, 2.24) is 15.5 Å². The summed E-state index contributed by atoms with van der Waals surface area (Å²) in [4.78, 5) is 0. The van der Waals surface area contributed by atoms with Gasteiger partial charge in [0.15, 0.2) is 0 Å². The molecule has 0 aromatic heterocycles. The fraction of sp³-hybridized carbons (Fsp3) is 1.00. The van der Waals surface area contributed by atoms with Crippen LogP contribution in [0.2, 0.25) is 0 Å². The molecule has 66 valence electrons. The Morgan fingerprint density at radius 2 is 1.91 bits per heavy atom. The fourth-order valence-electron chi connectivity index (χ4n) is 1.05. The van der Waals surface area contributed by atoms with Crippen molar-refractivity contribution in [2.45, 2.75) is 0 Å². The van der Waals surface area contributed by atoms with E-state index >= 15 is 0 Å². The van der Waals surface area contributed by atoms with Gasteiger partial charge in [-0.3, -0.25) is 5.43 Å². The summed E-state index contributed by atoms with van der Waals surface area (Å²) >= 11 is 0. The summed E-state index contributed by atoms with van der Waals surface area (Å²) in [5.41, 5.74) is 3.01. The second-order valence-corrected chi connectivity index (χ2v) is 2.55. The zero-order valence-corrected chi connectivity index (χ0v) is 6.49. The van der Waals surface area contributed by atoms with Crippen LogP contribution in [0.25, 0.3) is 0 Å². The van der Waals surface area contributed by atoms with Crippen molar-refractivity contribution in [3.8, 4) is 0 Å². The predicted molar refractivity (Wildman–Crippen MR) is 41.6 cm³/mol. The lowest BCUT2D eigenvalue weighted by molar-refractivity contribution is 0.105. The molecule has 1 rings (SSSR count). The number of aliphatic hydroxyl groups is 1. The third kappa shape index (κ3) is 3.13. The van der Waals surface area contributed by atoms with E-state index in [4.69, 9.17) is 5.11 Å². The first-order valence-electron chi connectivity index (χ1n) is 3.84. The zero-order chi connectivity index (χ0) is 8.10. The van der Waals surface area contributed by atoms with Crippen LogP contribution in [0.5, 0.6) is 0 Å². The van der Waals surface area contributed by atoms with Crippen LogP contribution in [0, 0.1) is 5.21 Å². The molecule has 1 aliphatic rings. The summed E-state index contributed by atoms with van der Waals surface area (Å²) in [6, 6.07) is 0. The molecule has 5 nitrogen and oxygen atoms in total. The average molecular weight is 160 g/mol. The standard InChI is InChI=1S/C6H14N3O2/c10-6-1-7-8-2-4-9(11)5-3-8/h7,10H,1-6H2/q-1. The van der Waals surface area contributed by atoms with Crippen LogP contribution in [0.3, 0.4) is 0 Å². The van der Waals surface area contributed by atoms with Crippen molar-refractivity contribution in [1.29, 1.82) is 0 Å². The Morgan fingerprint density at radius 1 is 1.27 bits per heavy atom. The highest BCUT2D eigenvalue weighted by Crippen LogP contribution is 1.95. The van der Waals surface area contributed by atoms with Gasteiger partial charge in [0.1, 0.15) is 0 Å². The van der Waals surface area contributed by atoms with E-state index in [1.165, 1.54) is 0 Å². The van der Waals surface area contributed by atoms with E-state index in [1.54, 1.807) is 0 Å². The quantitative estimate of drug-likeness (QED) is 0.531. The highest BCUT2D eigenvalue weighted by atomic mass is 16.5. The van der Waals surface area contributed by atoms with Crippen molar-refractivity contribution >= 4 is 0 Å². The van der Waals surface area contributed by atoms with E-state index < -0.39 is 0 Å². The van der Waals surface area contributed by atoms with Gasteiger partial charge in [-0.1, -0.05) is 0 Å². The maximum absolute atomic E-state index is 10.7. The molecule has 5 heteroatoms. The summed E-state index contributed by atoms with van der Waals surface area (Å²) in [6.45, 7) is 3.29. The van der Waals surface area contributed by atoms with Gasteiger partial charge in [-0.2, -0.15) is 0 Å². The van der Waals surface area contributed by atoms with Gasteiger partial charge in [0.05, 0.1) is 6.61 Å². The number of rotatable bonds is 3. The molecule has 0 aromatic rings. The van der Waals surface area contributed by atoms with Crippen LogP contribution in [-0.4, -0.2) is 54.5 Å². The zero-order valence-electron chi connectivity index (χ0n) is 6.49. The monoisotopic (exact) mass is 160 g/mol. The van der Waals surface area contributed by atoms with Gasteiger partial charge in [0.2, 0.25) is 0 Å². The van der Waals surface area contributed by atoms with Crippen LogP contribution < -0.4 is 5.43 Å². The molecule has 1 fully saturated rings. The lowest BCUT2D eigenvalue weighted by atomic mass is 10.4. The van der Waals surface area contributed by atoms with Crippen molar-refractivity contribution in [2.24, 2.45) is 0 Å². The Labute approximate surface area is 66.1 Å². The van der Waals surface area contributed by atoms with Gasteiger partial charge < -0.3 is 15.4 Å². The largest absolute Gasteiger partial charge is 0.785 e. The normalized spacial score (nSPS) is 22.4. The number of nitrogens with one attached hydrogen (secondary N) is 1. The molecule has 0 spiro atoms. The highest BCUT2D eigenvalue weighted by molar-refractivity contribution is 4.68. The van der Waals surface area contributed by atoms with E-state index in [2.05, 4.69) is 5.43 Å². The van der Waals surface area contributed by atoms with Crippen molar-refractivity contribution in [3.05, 3.63) is 5.21 Å². The van der Waals surface area contributed by atoms with Gasteiger partial charge in [0.25, 0.3) is 0 Å². The van der Waals surface area contributed by atoms with E-state index in [0.717, 1.165) is 18.2 Å². The number of piperazine rings is 1. The summed E-state index contributed by atoms with van der Waals surface area (Å²) in [6.07, 6.45) is 0. The lowest BCUT2D eigenvalue weighted by Gasteiger charge is -2.38. The minimum atomic E-state index is 0.136. The number of hydroxylamine groups is 2. The van der Waals surface area contributed by atoms with E-state index in [-0.39, 0.29) is 6.61 Å². The van der Waals surface area contributed by atoms with Gasteiger partial charge >= 0.3 is 0 Å². The lowest BCUT2D eigenvalue weighted by Crippen LogP contribution is -2.50. The highest BCUT2D eigenvalue weighted by Gasteiger charge is 2.08. The first kappa shape index (κ1) is 8.89. The molecule has 0 atom stereocenters. The van der Waals surface area contributed by atoms with Crippen molar-refractivity contribution < 1.29 is 5.11 Å². The number of hydrazine groups is 1. The smallest absolute Gasteiger partial charge is 0.0570 e. The van der Waals surface area contributed by atoms with Crippen molar-refractivity contribution in [3.63, 3.8) is 0 Å². The molecule has 0 saturated carbocycles. The molecule has 0 radical (unpaired) electrons. The summed E-state index contributed by atoms with van der Waals surface area (Å²) in [7, 11) is 0. The first-order chi connectivity index (χ1) is 5.33. The van der Waals surface area contributed by atoms with Gasteiger partial charge in [0, 0.05) is 32.7 Å². The van der Waals surface area contributed by atoms with Crippen LogP contribution in [-0.2, 0) is 0 Å². The maximum Gasteiger partial charge on any atom is 0.0570 e. The van der Waals surface area contributed by atoms with Crippen LogP contribution in [0.1, 0.15) is 0 Å². The third-order valence-electron chi connectivity index (χ3n) is 1.69. The van der Waals surface area contributed by atoms with E-state index in [9.17, 15) is 5.21 Å². The Hall–Kier alpha value is -0.200. The van der Waals surface area contributed by atoms with Crippen LogP contribution in [0.15, 0.2) is 0 Å². The van der Waals surface area contributed by atoms with Gasteiger partial charge in [-0.25, -0.2) is 5.01 Å². The predicted octanol–water partition coefficient (Wildman–Crippen LogP) is -1.40. The number of nitrogens with zero attached hydrogens (tertiary/aromatic N) is 2. The fourth-order valence-corrected chi connectivity index (χ4v) is 1.05. The Morgan fingerprint density at radius 3 is 2.45 bits per heavy atom. The number of aliphatic hydroxyl groups excluding tert-OH is 1. The first-order valence-corrected chi connectivity index (χ1v) is 3.84. The molecular formula is C6H14N3O2-. The van der Waals surface area contributed by atoms with E-state index in [1.807, 2.05) is 5.01 Å². The van der Waals surface area contributed by atoms with Gasteiger partial charge in [-0.05, 0) is 0 Å². The SMILES string of the molecule is [O-]N1CCN(NCCO)CC1. The van der Waals surface area contributed by atoms with E-state index in [0.29, 0.717) is 19.6 Å². The van der Waals surface area contributed by atoms with Crippen LogP contribution >= 0.6 is 0 Å². The molecule has 1 aliphatic heterocycles. The maximum atomic E-state index is 10.7. The molecule has 2 N–H and O–H groups in total. The molecule has 0 aromatic carbocycles. The second kappa shape index (κ2) is 4.63. The molecular weight excluding hydrogens is 146 g/mol. The topological polar surface area (TPSA) is 61.8 Å². The van der Waals surface area contributed by atoms with Crippen LogP contribution in [0.4, 0.5) is 0 Å². The molecule has 0 aliphatic carbocycles. The minimum Gasteiger partial charge on any atom is -0.785 e. The third-order valence-corrected chi connectivity index (χ3v) is 1.69. The Bertz CT molecular complexity index is 101. The van der Waals surface area contributed by atoms with Gasteiger partial charge in [-0.15, -0.1) is 0 Å². The molecule has 0 unspecified atom stereocenters. The minimum absolute atomic E-state index is 0.136. The molecule has 0 amide bonds. The van der Waals surface area contributed by atoms with Crippen molar-refractivity contribution in [2.75, 3.05) is 39.3 Å². The average Bonchev–Trinajstić information content (AvgIpc) is 2.04.